The third-order valence-corrected chi connectivity index (χ3v) is 4.90. The van der Waals surface area contributed by atoms with Gasteiger partial charge < -0.3 is 14.5 Å². The lowest BCUT2D eigenvalue weighted by molar-refractivity contribution is -0.139. The molecule has 9 heteroatoms. The van der Waals surface area contributed by atoms with Crippen molar-refractivity contribution in [3.63, 3.8) is 0 Å². The van der Waals surface area contributed by atoms with Gasteiger partial charge in [0.05, 0.1) is 10.6 Å². The van der Waals surface area contributed by atoms with Crippen LogP contribution >= 0.6 is 11.6 Å². The molecule has 0 N–H and O–H groups in total. The number of hydrogen-bond donors (Lipinski definition) is 0. The van der Waals surface area contributed by atoms with Gasteiger partial charge in [-0.3, -0.25) is 9.59 Å². The van der Waals surface area contributed by atoms with E-state index in [1.54, 1.807) is 0 Å². The maximum atomic E-state index is 13.3. The van der Waals surface area contributed by atoms with Crippen LogP contribution in [0.5, 0.6) is 5.75 Å². The molecule has 5 nitrogen and oxygen atoms in total. The zero-order valence-corrected chi connectivity index (χ0v) is 16.3. The van der Waals surface area contributed by atoms with Gasteiger partial charge in [0.25, 0.3) is 11.8 Å². The molecule has 154 valence electrons. The number of hydrogen-bond acceptors (Lipinski definition) is 3. The molecule has 0 spiro atoms. The fourth-order valence-corrected chi connectivity index (χ4v) is 3.27. The highest BCUT2D eigenvalue weighted by Crippen LogP contribution is 2.21. The topological polar surface area (TPSA) is 49.9 Å². The average Bonchev–Trinajstić information content (AvgIpc) is 2.70. The van der Waals surface area contributed by atoms with Gasteiger partial charge >= 0.3 is 0 Å². The Balaban J connectivity index is 1.57. The van der Waals surface area contributed by atoms with Gasteiger partial charge in [-0.1, -0.05) is 11.6 Å². The molecule has 1 aliphatic heterocycles. The summed E-state index contributed by atoms with van der Waals surface area (Å²) in [6.45, 7) is 2.61. The summed E-state index contributed by atoms with van der Waals surface area (Å²) in [4.78, 5) is 28.2. The highest BCUT2D eigenvalue weighted by atomic mass is 35.5. The number of carbonyl (C=O) groups is 2. The van der Waals surface area contributed by atoms with Crippen LogP contribution in [-0.4, -0.2) is 53.9 Å². The lowest BCUT2D eigenvalue weighted by Crippen LogP contribution is -2.53. The average molecular weight is 427 g/mol. The quantitative estimate of drug-likeness (QED) is 0.751. The second-order valence-corrected chi connectivity index (χ2v) is 6.98. The van der Waals surface area contributed by atoms with E-state index in [1.807, 2.05) is 0 Å². The van der Waals surface area contributed by atoms with Gasteiger partial charge in [0.2, 0.25) is 0 Å². The standard InChI is InChI=1S/C20H18ClF3N2O3/c1-12(29-14-3-5-17(23)18(24)11-14)19(27)25-6-8-26(9-7-25)20(28)15-4-2-13(22)10-16(15)21/h2-5,10-12H,6-9H2,1H3. The molecule has 29 heavy (non-hydrogen) atoms. The summed E-state index contributed by atoms with van der Waals surface area (Å²) in [5, 5.41) is 0.0297. The Morgan fingerprint density at radius 2 is 1.62 bits per heavy atom. The van der Waals surface area contributed by atoms with Gasteiger partial charge in [-0.05, 0) is 37.3 Å². The van der Waals surface area contributed by atoms with Crippen LogP contribution in [0.25, 0.3) is 0 Å². The zero-order chi connectivity index (χ0) is 21.1. The Morgan fingerprint density at radius 3 is 2.24 bits per heavy atom. The van der Waals surface area contributed by atoms with E-state index >= 15 is 0 Å². The number of nitrogens with zero attached hydrogens (tertiary/aromatic N) is 2. The lowest BCUT2D eigenvalue weighted by atomic mass is 10.1. The molecule has 1 fully saturated rings. The van der Waals surface area contributed by atoms with Crippen LogP contribution in [0.4, 0.5) is 13.2 Å². The van der Waals surface area contributed by atoms with Gasteiger partial charge in [-0.25, -0.2) is 13.2 Å². The van der Waals surface area contributed by atoms with E-state index in [2.05, 4.69) is 0 Å². The number of benzene rings is 2. The summed E-state index contributed by atoms with van der Waals surface area (Å²) >= 11 is 5.94. The number of amides is 2. The fraction of sp³-hybridized carbons (Fsp3) is 0.300. The number of ether oxygens (including phenoxy) is 1. The van der Waals surface area contributed by atoms with Crippen LogP contribution in [0.15, 0.2) is 36.4 Å². The first kappa shape index (κ1) is 21.0. The Morgan fingerprint density at radius 1 is 0.966 bits per heavy atom. The zero-order valence-electron chi connectivity index (χ0n) is 15.5. The summed E-state index contributed by atoms with van der Waals surface area (Å²) in [6.07, 6.45) is -0.909. The van der Waals surface area contributed by atoms with Crippen LogP contribution < -0.4 is 4.74 Å². The summed E-state index contributed by atoms with van der Waals surface area (Å²) in [6, 6.07) is 6.61. The first-order chi connectivity index (χ1) is 13.8. The summed E-state index contributed by atoms with van der Waals surface area (Å²) < 4.78 is 44.8. The van der Waals surface area contributed by atoms with Crippen molar-refractivity contribution in [3.05, 3.63) is 64.4 Å². The van der Waals surface area contributed by atoms with Crippen LogP contribution in [0.2, 0.25) is 5.02 Å². The lowest BCUT2D eigenvalue weighted by Gasteiger charge is -2.36. The molecule has 3 rings (SSSR count). The van der Waals surface area contributed by atoms with E-state index in [9.17, 15) is 22.8 Å². The molecule has 2 aromatic carbocycles. The largest absolute Gasteiger partial charge is 0.481 e. The van der Waals surface area contributed by atoms with E-state index < -0.39 is 23.6 Å². The highest BCUT2D eigenvalue weighted by molar-refractivity contribution is 6.33. The number of piperazine rings is 1. The summed E-state index contributed by atoms with van der Waals surface area (Å²) in [5.41, 5.74) is 0.197. The Hall–Kier alpha value is -2.74. The second kappa shape index (κ2) is 8.73. The number of halogens is 4. The molecule has 0 aromatic heterocycles. The van der Waals surface area contributed by atoms with E-state index in [4.69, 9.17) is 16.3 Å². The molecule has 0 saturated carbocycles. The van der Waals surface area contributed by atoms with Crippen LogP contribution in [0.3, 0.4) is 0 Å². The highest BCUT2D eigenvalue weighted by Gasteiger charge is 2.29. The third-order valence-electron chi connectivity index (χ3n) is 4.59. The van der Waals surface area contributed by atoms with Crippen molar-refractivity contribution < 1.29 is 27.5 Å². The molecule has 0 radical (unpaired) electrons. The molecular formula is C20H18ClF3N2O3. The predicted octanol–water partition coefficient (Wildman–Crippen LogP) is 3.51. The van der Waals surface area contributed by atoms with E-state index in [1.165, 1.54) is 28.9 Å². The van der Waals surface area contributed by atoms with Crippen LogP contribution in [0, 0.1) is 17.5 Å². The molecule has 1 heterocycles. The summed E-state index contributed by atoms with van der Waals surface area (Å²) in [7, 11) is 0. The van der Waals surface area contributed by atoms with E-state index in [0.717, 1.165) is 24.3 Å². The predicted molar refractivity (Wildman–Crippen MR) is 100 cm³/mol. The molecule has 1 aliphatic rings. The van der Waals surface area contributed by atoms with Crippen LogP contribution in [-0.2, 0) is 4.79 Å². The molecule has 0 bridgehead atoms. The van der Waals surface area contributed by atoms with Gasteiger partial charge in [0.15, 0.2) is 17.7 Å². The number of rotatable bonds is 4. The van der Waals surface area contributed by atoms with Crippen LogP contribution in [0.1, 0.15) is 17.3 Å². The van der Waals surface area contributed by atoms with E-state index in [0.29, 0.717) is 0 Å². The monoisotopic (exact) mass is 426 g/mol. The molecule has 1 atom stereocenters. The molecule has 0 aliphatic carbocycles. The third kappa shape index (κ3) is 4.82. The first-order valence-electron chi connectivity index (χ1n) is 8.91. The van der Waals surface area contributed by atoms with Crippen molar-refractivity contribution in [2.45, 2.75) is 13.0 Å². The second-order valence-electron chi connectivity index (χ2n) is 6.58. The SMILES string of the molecule is CC(Oc1ccc(F)c(F)c1)C(=O)N1CCN(C(=O)c2ccc(F)cc2Cl)CC1. The normalized spacial score (nSPS) is 15.2. The first-order valence-corrected chi connectivity index (χ1v) is 9.29. The van der Waals surface area contributed by atoms with Crippen molar-refractivity contribution in [1.82, 2.24) is 9.80 Å². The van der Waals surface area contributed by atoms with Crippen molar-refractivity contribution in [2.24, 2.45) is 0 Å². The van der Waals surface area contributed by atoms with E-state index in [-0.39, 0.29) is 54.3 Å². The van der Waals surface area contributed by atoms with Gasteiger partial charge in [-0.15, -0.1) is 0 Å². The van der Waals surface area contributed by atoms with Crippen molar-refractivity contribution in [1.29, 1.82) is 0 Å². The maximum Gasteiger partial charge on any atom is 0.263 e. The fourth-order valence-electron chi connectivity index (χ4n) is 3.02. The number of carbonyl (C=O) groups excluding carboxylic acids is 2. The van der Waals surface area contributed by atoms with Gasteiger partial charge in [0.1, 0.15) is 11.6 Å². The minimum absolute atomic E-state index is 0.0297. The molecule has 1 unspecified atom stereocenters. The van der Waals surface area contributed by atoms with Crippen molar-refractivity contribution >= 4 is 23.4 Å². The summed E-state index contributed by atoms with van der Waals surface area (Å²) in [5.74, 6) is -3.22. The smallest absolute Gasteiger partial charge is 0.263 e. The Kier molecular flexibility index (Phi) is 6.32. The minimum atomic E-state index is -1.06. The molecule has 2 amide bonds. The maximum absolute atomic E-state index is 13.3. The molecular weight excluding hydrogens is 409 g/mol. The van der Waals surface area contributed by atoms with Gasteiger partial charge in [0, 0.05) is 32.2 Å². The van der Waals surface area contributed by atoms with Gasteiger partial charge in [-0.2, -0.15) is 0 Å². The molecule has 2 aromatic rings. The minimum Gasteiger partial charge on any atom is -0.481 e. The molecule has 1 saturated heterocycles. The van der Waals surface area contributed by atoms with Crippen molar-refractivity contribution in [3.8, 4) is 5.75 Å². The Bertz CT molecular complexity index is 933. The Labute approximate surface area is 170 Å². The van der Waals surface area contributed by atoms with Crippen molar-refractivity contribution in [2.75, 3.05) is 26.2 Å².